The summed E-state index contributed by atoms with van der Waals surface area (Å²) >= 11 is 6.14. The van der Waals surface area contributed by atoms with Crippen molar-refractivity contribution in [1.29, 1.82) is 0 Å². The molecule has 3 rings (SSSR count). The number of hydrogen-bond acceptors (Lipinski definition) is 4. The van der Waals surface area contributed by atoms with Gasteiger partial charge in [0.25, 0.3) is 0 Å². The second-order valence-corrected chi connectivity index (χ2v) is 5.20. The van der Waals surface area contributed by atoms with E-state index in [0.717, 1.165) is 6.07 Å². The average Bonchev–Trinajstić information content (AvgIpc) is 2.89. The number of esters is 1. The molecule has 1 aromatic heterocycles. The smallest absolute Gasteiger partial charge is 0.349 e. The van der Waals surface area contributed by atoms with E-state index < -0.39 is 11.8 Å². The van der Waals surface area contributed by atoms with Crippen LogP contribution < -0.4 is 4.74 Å². The Morgan fingerprint density at radius 3 is 2.74 bits per heavy atom. The van der Waals surface area contributed by atoms with E-state index in [0.29, 0.717) is 16.3 Å². The number of carbonyl (C=O) groups excluding carboxylic acids is 1. The van der Waals surface area contributed by atoms with Gasteiger partial charge in [-0.3, -0.25) is 0 Å². The van der Waals surface area contributed by atoms with E-state index in [-0.39, 0.29) is 17.0 Å². The summed E-state index contributed by atoms with van der Waals surface area (Å²) in [6, 6.07) is 12.3. The predicted octanol–water partition coefficient (Wildman–Crippen LogP) is 4.66. The molecule has 2 aromatic carbocycles. The lowest BCUT2D eigenvalue weighted by atomic mass is 10.1. The Morgan fingerprint density at radius 2 is 2.00 bits per heavy atom. The molecule has 0 aliphatic heterocycles. The minimum atomic E-state index is -0.690. The minimum absolute atomic E-state index is 0.0979. The van der Waals surface area contributed by atoms with Gasteiger partial charge in [-0.15, -0.1) is 0 Å². The molecular weight excluding hydrogens is 321 g/mol. The van der Waals surface area contributed by atoms with Gasteiger partial charge in [0.1, 0.15) is 28.6 Å². The molecule has 0 saturated carbocycles. The Kier molecular flexibility index (Phi) is 4.12. The number of aromatic nitrogens is 1. The highest BCUT2D eigenvalue weighted by Gasteiger charge is 2.24. The summed E-state index contributed by atoms with van der Waals surface area (Å²) < 4.78 is 23.5. The Balaban J connectivity index is 1.99. The van der Waals surface area contributed by atoms with Gasteiger partial charge in [0, 0.05) is 11.6 Å². The van der Waals surface area contributed by atoms with Crippen molar-refractivity contribution in [3.8, 4) is 17.0 Å². The number of rotatable bonds is 3. The zero-order chi connectivity index (χ0) is 16.4. The molecule has 0 atom stereocenters. The summed E-state index contributed by atoms with van der Waals surface area (Å²) in [4.78, 5) is 12.4. The van der Waals surface area contributed by atoms with Crippen LogP contribution >= 0.6 is 11.6 Å². The van der Waals surface area contributed by atoms with Gasteiger partial charge < -0.3 is 9.26 Å². The topological polar surface area (TPSA) is 52.3 Å². The number of ether oxygens (including phenoxy) is 1. The van der Waals surface area contributed by atoms with Crippen LogP contribution in [0.2, 0.25) is 5.02 Å². The molecule has 0 bridgehead atoms. The van der Waals surface area contributed by atoms with Gasteiger partial charge in [0.05, 0.1) is 5.02 Å². The first-order valence-electron chi connectivity index (χ1n) is 6.75. The predicted molar refractivity (Wildman–Crippen MR) is 83.0 cm³/mol. The van der Waals surface area contributed by atoms with E-state index in [1.807, 2.05) is 0 Å². The fourth-order valence-electron chi connectivity index (χ4n) is 2.14. The SMILES string of the molecule is Cc1onc(-c2ccccc2Cl)c1C(=O)Oc1cccc(F)c1. The molecule has 3 aromatic rings. The molecule has 23 heavy (non-hydrogen) atoms. The highest BCUT2D eigenvalue weighted by atomic mass is 35.5. The Hall–Kier alpha value is -2.66. The first kappa shape index (κ1) is 15.2. The van der Waals surface area contributed by atoms with Gasteiger partial charge in [-0.05, 0) is 25.1 Å². The number of halogens is 2. The number of nitrogens with zero attached hydrogens (tertiary/aromatic N) is 1. The molecule has 116 valence electrons. The van der Waals surface area contributed by atoms with Gasteiger partial charge in [-0.25, -0.2) is 9.18 Å². The Labute approximate surface area is 136 Å². The summed E-state index contributed by atoms with van der Waals surface area (Å²) in [5.74, 6) is -0.796. The first-order chi connectivity index (χ1) is 11.1. The van der Waals surface area contributed by atoms with Crippen molar-refractivity contribution in [2.45, 2.75) is 6.92 Å². The molecule has 0 unspecified atom stereocenters. The van der Waals surface area contributed by atoms with E-state index in [9.17, 15) is 9.18 Å². The van der Waals surface area contributed by atoms with Crippen LogP contribution in [-0.2, 0) is 0 Å². The van der Waals surface area contributed by atoms with Crippen LogP contribution in [-0.4, -0.2) is 11.1 Å². The molecule has 0 aliphatic rings. The summed E-state index contributed by atoms with van der Waals surface area (Å²) in [6.45, 7) is 1.59. The van der Waals surface area contributed by atoms with Crippen LogP contribution in [0.5, 0.6) is 5.75 Å². The van der Waals surface area contributed by atoms with Gasteiger partial charge in [0.15, 0.2) is 0 Å². The third kappa shape index (κ3) is 3.10. The van der Waals surface area contributed by atoms with Crippen LogP contribution in [0.1, 0.15) is 16.1 Å². The average molecular weight is 332 g/mol. The fraction of sp³-hybridized carbons (Fsp3) is 0.0588. The number of hydrogen-bond donors (Lipinski definition) is 0. The van der Waals surface area contributed by atoms with Crippen molar-refractivity contribution >= 4 is 17.6 Å². The van der Waals surface area contributed by atoms with Crippen LogP contribution in [0.3, 0.4) is 0 Å². The third-order valence-corrected chi connectivity index (χ3v) is 3.53. The van der Waals surface area contributed by atoms with E-state index in [2.05, 4.69) is 5.16 Å². The normalized spacial score (nSPS) is 10.6. The molecule has 1 heterocycles. The highest BCUT2D eigenvalue weighted by Crippen LogP contribution is 2.31. The molecular formula is C17H11ClFNO3. The summed E-state index contributed by atoms with van der Waals surface area (Å²) in [5, 5.41) is 4.32. The third-order valence-electron chi connectivity index (χ3n) is 3.20. The largest absolute Gasteiger partial charge is 0.423 e. The van der Waals surface area contributed by atoms with Crippen molar-refractivity contribution in [2.24, 2.45) is 0 Å². The fourth-order valence-corrected chi connectivity index (χ4v) is 2.36. The maximum Gasteiger partial charge on any atom is 0.349 e. The second-order valence-electron chi connectivity index (χ2n) is 4.79. The molecule has 0 amide bonds. The zero-order valence-corrected chi connectivity index (χ0v) is 12.8. The minimum Gasteiger partial charge on any atom is -0.423 e. The lowest BCUT2D eigenvalue weighted by Gasteiger charge is -2.06. The molecule has 0 spiro atoms. The van der Waals surface area contributed by atoms with E-state index >= 15 is 0 Å². The highest BCUT2D eigenvalue weighted by molar-refractivity contribution is 6.33. The molecule has 0 N–H and O–H groups in total. The van der Waals surface area contributed by atoms with Crippen molar-refractivity contribution < 1.29 is 18.4 Å². The monoisotopic (exact) mass is 331 g/mol. The number of aryl methyl sites for hydroxylation is 1. The van der Waals surface area contributed by atoms with Crippen LogP contribution in [0, 0.1) is 12.7 Å². The molecule has 0 fully saturated rings. The summed E-state index contributed by atoms with van der Waals surface area (Å²) in [7, 11) is 0. The van der Waals surface area contributed by atoms with E-state index in [1.54, 1.807) is 31.2 Å². The van der Waals surface area contributed by atoms with Crippen molar-refractivity contribution in [3.05, 3.63) is 70.7 Å². The molecule has 6 heteroatoms. The molecule has 0 aliphatic carbocycles. The maximum absolute atomic E-state index is 13.2. The second kappa shape index (κ2) is 6.22. The van der Waals surface area contributed by atoms with Gasteiger partial charge in [0.2, 0.25) is 0 Å². The van der Waals surface area contributed by atoms with Crippen LogP contribution in [0.25, 0.3) is 11.3 Å². The maximum atomic E-state index is 13.2. The number of benzene rings is 2. The lowest BCUT2D eigenvalue weighted by Crippen LogP contribution is -2.10. The van der Waals surface area contributed by atoms with E-state index in [4.69, 9.17) is 20.9 Å². The zero-order valence-electron chi connectivity index (χ0n) is 12.0. The number of carbonyl (C=O) groups is 1. The van der Waals surface area contributed by atoms with E-state index in [1.165, 1.54) is 18.2 Å². The van der Waals surface area contributed by atoms with Crippen molar-refractivity contribution in [1.82, 2.24) is 5.16 Å². The molecule has 0 radical (unpaired) electrons. The standard InChI is InChI=1S/C17H11ClFNO3/c1-10-15(17(21)22-12-6-4-5-11(19)9-12)16(20-23-10)13-7-2-3-8-14(13)18/h2-9H,1H3. The summed E-state index contributed by atoms with van der Waals surface area (Å²) in [6.07, 6.45) is 0. The van der Waals surface area contributed by atoms with Gasteiger partial charge in [-0.2, -0.15) is 0 Å². The van der Waals surface area contributed by atoms with Gasteiger partial charge in [-0.1, -0.05) is 41.0 Å². The lowest BCUT2D eigenvalue weighted by molar-refractivity contribution is 0.0733. The van der Waals surface area contributed by atoms with Crippen molar-refractivity contribution in [2.75, 3.05) is 0 Å². The van der Waals surface area contributed by atoms with Crippen LogP contribution in [0.4, 0.5) is 4.39 Å². The summed E-state index contributed by atoms with van der Waals surface area (Å²) in [5.41, 5.74) is 0.995. The van der Waals surface area contributed by atoms with Crippen molar-refractivity contribution in [3.63, 3.8) is 0 Å². The quantitative estimate of drug-likeness (QED) is 0.517. The van der Waals surface area contributed by atoms with Gasteiger partial charge >= 0.3 is 5.97 Å². The Morgan fingerprint density at radius 1 is 1.22 bits per heavy atom. The molecule has 0 saturated heterocycles. The van der Waals surface area contributed by atoms with Crippen LogP contribution in [0.15, 0.2) is 53.1 Å². The first-order valence-corrected chi connectivity index (χ1v) is 7.13. The Bertz CT molecular complexity index is 876. The molecule has 4 nitrogen and oxygen atoms in total.